The second-order valence-electron chi connectivity index (χ2n) is 6.31. The number of nitrogens with zero attached hydrogens (tertiary/aromatic N) is 4. The van der Waals surface area contributed by atoms with Gasteiger partial charge in [0.15, 0.2) is 10.9 Å². The van der Waals surface area contributed by atoms with Crippen molar-refractivity contribution < 1.29 is 4.79 Å². The Bertz CT molecular complexity index is 841. The first-order chi connectivity index (χ1) is 11.7. The molecule has 3 heterocycles. The van der Waals surface area contributed by atoms with Crippen LogP contribution in [0.15, 0.2) is 10.7 Å². The number of piperidine rings is 1. The van der Waals surface area contributed by atoms with E-state index in [-0.39, 0.29) is 17.7 Å². The van der Waals surface area contributed by atoms with E-state index in [0.717, 1.165) is 52.0 Å². The highest BCUT2D eigenvalue weighted by Gasteiger charge is 2.31. The van der Waals surface area contributed by atoms with Gasteiger partial charge in [-0.3, -0.25) is 4.79 Å². The maximum Gasteiger partial charge on any atom is 0.228 e. The first-order valence-electron chi connectivity index (χ1n) is 8.06. The van der Waals surface area contributed by atoms with Crippen molar-refractivity contribution in [1.82, 2.24) is 9.97 Å². The lowest BCUT2D eigenvalue weighted by Crippen LogP contribution is -2.34. The largest absolute Gasteiger partial charge is 0.347 e. The molecule has 1 atom stereocenters. The van der Waals surface area contributed by atoms with E-state index in [1.165, 1.54) is 11.3 Å². The van der Waals surface area contributed by atoms with Crippen molar-refractivity contribution in [2.75, 3.05) is 23.3 Å². The molecule has 0 aromatic carbocycles. The molecule has 6 nitrogen and oxygen atoms in total. The van der Waals surface area contributed by atoms with E-state index in [1.54, 1.807) is 6.20 Å². The van der Waals surface area contributed by atoms with E-state index in [4.69, 9.17) is 4.98 Å². The summed E-state index contributed by atoms with van der Waals surface area (Å²) < 4.78 is 1.70. The zero-order valence-electron chi connectivity index (χ0n) is 13.0. The van der Waals surface area contributed by atoms with Crippen LogP contribution in [0.4, 0.5) is 10.9 Å². The highest BCUT2D eigenvalue weighted by atomic mass is 79.9. The van der Waals surface area contributed by atoms with Crippen LogP contribution in [0.5, 0.6) is 0 Å². The second kappa shape index (κ2) is 6.30. The Kier molecular flexibility index (Phi) is 4.14. The van der Waals surface area contributed by atoms with Crippen molar-refractivity contribution in [3.8, 4) is 6.07 Å². The van der Waals surface area contributed by atoms with Crippen molar-refractivity contribution in [3.63, 3.8) is 0 Å². The number of carbonyl (C=O) groups excluding carboxylic acids is 1. The number of anilines is 2. The summed E-state index contributed by atoms with van der Waals surface area (Å²) in [4.78, 5) is 23.3. The van der Waals surface area contributed by atoms with Crippen LogP contribution in [0.1, 0.15) is 25.7 Å². The molecule has 1 unspecified atom stereocenters. The van der Waals surface area contributed by atoms with Crippen molar-refractivity contribution in [3.05, 3.63) is 10.7 Å². The molecular weight excluding hydrogens is 390 g/mol. The number of hydrogen-bond donors (Lipinski definition) is 1. The molecule has 0 spiro atoms. The fraction of sp³-hybridized carbons (Fsp3) is 0.500. The minimum atomic E-state index is 0.0450. The molecule has 1 amide bonds. The minimum absolute atomic E-state index is 0.0450. The predicted octanol–water partition coefficient (Wildman–Crippen LogP) is 3.54. The van der Waals surface area contributed by atoms with Gasteiger partial charge in [-0.25, -0.2) is 9.97 Å². The van der Waals surface area contributed by atoms with Crippen LogP contribution in [0.25, 0.3) is 10.2 Å². The molecule has 2 aromatic rings. The standard InChI is InChI=1S/C16H16BrN5OS/c17-11-7-19-14(21-15(23)10-3-4-10)13-12(11)20-16(24-13)22-5-1-2-9(6-18)8-22/h7,9-10H,1-5,8H2,(H,19,21,23). The number of nitriles is 1. The maximum absolute atomic E-state index is 12.1. The summed E-state index contributed by atoms with van der Waals surface area (Å²) in [6.07, 6.45) is 5.55. The molecule has 1 saturated heterocycles. The molecule has 2 aliphatic rings. The van der Waals surface area contributed by atoms with Gasteiger partial charge < -0.3 is 10.2 Å². The van der Waals surface area contributed by atoms with Crippen LogP contribution in [-0.4, -0.2) is 29.0 Å². The van der Waals surface area contributed by atoms with Gasteiger partial charge in [-0.05, 0) is 41.6 Å². The normalized spacial score (nSPS) is 20.8. The SMILES string of the molecule is N#CC1CCCN(c2nc3c(Br)cnc(NC(=O)C4CC4)c3s2)C1. The van der Waals surface area contributed by atoms with Crippen LogP contribution in [0, 0.1) is 23.2 Å². The average molecular weight is 406 g/mol. The first-order valence-corrected chi connectivity index (χ1v) is 9.67. The summed E-state index contributed by atoms with van der Waals surface area (Å²) >= 11 is 5.03. The monoisotopic (exact) mass is 405 g/mol. The topological polar surface area (TPSA) is 81.9 Å². The molecule has 1 aliphatic carbocycles. The summed E-state index contributed by atoms with van der Waals surface area (Å²) in [6, 6.07) is 2.36. The number of hydrogen-bond acceptors (Lipinski definition) is 6. The third-order valence-electron chi connectivity index (χ3n) is 4.43. The Balaban J connectivity index is 1.67. The molecule has 24 heavy (non-hydrogen) atoms. The number of rotatable bonds is 3. The van der Waals surface area contributed by atoms with Gasteiger partial charge in [-0.2, -0.15) is 5.26 Å². The molecule has 1 N–H and O–H groups in total. The molecule has 1 aliphatic heterocycles. The summed E-state index contributed by atoms with van der Waals surface area (Å²) in [5.41, 5.74) is 0.815. The van der Waals surface area contributed by atoms with E-state index in [1.807, 2.05) is 0 Å². The Labute approximate surface area is 152 Å². The first kappa shape index (κ1) is 15.8. The van der Waals surface area contributed by atoms with Crippen molar-refractivity contribution in [1.29, 1.82) is 5.26 Å². The van der Waals surface area contributed by atoms with Crippen LogP contribution < -0.4 is 10.2 Å². The van der Waals surface area contributed by atoms with Gasteiger partial charge in [0.25, 0.3) is 0 Å². The van der Waals surface area contributed by atoms with Crippen LogP contribution >= 0.6 is 27.3 Å². The summed E-state index contributed by atoms with van der Waals surface area (Å²) in [6.45, 7) is 1.62. The van der Waals surface area contributed by atoms with Gasteiger partial charge in [0.2, 0.25) is 5.91 Å². The van der Waals surface area contributed by atoms with Crippen molar-refractivity contribution in [2.24, 2.45) is 11.8 Å². The fourth-order valence-electron chi connectivity index (χ4n) is 2.92. The number of thiazole rings is 1. The Morgan fingerprint density at radius 1 is 1.46 bits per heavy atom. The van der Waals surface area contributed by atoms with Gasteiger partial charge in [0, 0.05) is 25.2 Å². The van der Waals surface area contributed by atoms with Gasteiger partial charge in [-0.15, -0.1) is 0 Å². The lowest BCUT2D eigenvalue weighted by molar-refractivity contribution is -0.117. The number of nitrogens with one attached hydrogen (secondary N) is 1. The van der Waals surface area contributed by atoms with Crippen LogP contribution in [-0.2, 0) is 4.79 Å². The van der Waals surface area contributed by atoms with Gasteiger partial charge in [0.1, 0.15) is 10.2 Å². The molecule has 0 radical (unpaired) electrons. The molecule has 4 rings (SSSR count). The molecule has 124 valence electrons. The zero-order chi connectivity index (χ0) is 16.7. The number of fused-ring (bicyclic) bond motifs is 1. The molecule has 0 bridgehead atoms. The van der Waals surface area contributed by atoms with Crippen molar-refractivity contribution >= 4 is 54.3 Å². The molecule has 2 aromatic heterocycles. The Hall–Kier alpha value is -1.72. The predicted molar refractivity (Wildman–Crippen MR) is 97.0 cm³/mol. The lowest BCUT2D eigenvalue weighted by atomic mass is 10.0. The number of carbonyl (C=O) groups is 1. The molecule has 1 saturated carbocycles. The van der Waals surface area contributed by atoms with Gasteiger partial charge in [-0.1, -0.05) is 11.3 Å². The Morgan fingerprint density at radius 2 is 2.29 bits per heavy atom. The highest BCUT2D eigenvalue weighted by Crippen LogP contribution is 2.38. The van der Waals surface area contributed by atoms with E-state index in [2.05, 4.69) is 37.2 Å². The second-order valence-corrected chi connectivity index (χ2v) is 8.14. The van der Waals surface area contributed by atoms with Gasteiger partial charge in [0.05, 0.1) is 16.5 Å². The highest BCUT2D eigenvalue weighted by molar-refractivity contribution is 9.10. The summed E-state index contributed by atoms with van der Waals surface area (Å²) in [5, 5.41) is 13.0. The van der Waals surface area contributed by atoms with Crippen LogP contribution in [0.3, 0.4) is 0 Å². The number of halogens is 1. The van der Waals surface area contributed by atoms with E-state index >= 15 is 0 Å². The average Bonchev–Trinajstić information content (AvgIpc) is 3.35. The molecular formula is C16H16BrN5OS. The third kappa shape index (κ3) is 2.98. The van der Waals surface area contributed by atoms with Crippen LogP contribution in [0.2, 0.25) is 0 Å². The van der Waals surface area contributed by atoms with E-state index < -0.39 is 0 Å². The van der Waals surface area contributed by atoms with E-state index in [9.17, 15) is 10.1 Å². The maximum atomic E-state index is 12.1. The summed E-state index contributed by atoms with van der Waals surface area (Å²) in [7, 11) is 0. The van der Waals surface area contributed by atoms with Crippen molar-refractivity contribution in [2.45, 2.75) is 25.7 Å². The summed E-state index contributed by atoms with van der Waals surface area (Å²) in [5.74, 6) is 0.823. The number of aromatic nitrogens is 2. The number of amides is 1. The zero-order valence-corrected chi connectivity index (χ0v) is 15.4. The lowest BCUT2D eigenvalue weighted by Gasteiger charge is -2.28. The number of pyridine rings is 1. The smallest absolute Gasteiger partial charge is 0.228 e. The Morgan fingerprint density at radius 3 is 3.04 bits per heavy atom. The quantitative estimate of drug-likeness (QED) is 0.843. The minimum Gasteiger partial charge on any atom is -0.347 e. The molecule has 2 fully saturated rings. The van der Waals surface area contributed by atoms with E-state index in [0.29, 0.717) is 12.4 Å². The molecule has 8 heteroatoms. The van der Waals surface area contributed by atoms with Gasteiger partial charge >= 0.3 is 0 Å². The third-order valence-corrected chi connectivity index (χ3v) is 6.13. The fourth-order valence-corrected chi connectivity index (χ4v) is 4.50.